The molecule has 0 radical (unpaired) electrons. The van der Waals surface area contributed by atoms with Crippen LogP contribution in [0.15, 0.2) is 41.1 Å². The topological polar surface area (TPSA) is 48.1 Å². The summed E-state index contributed by atoms with van der Waals surface area (Å²) in [6.45, 7) is 0.372. The normalized spacial score (nSPS) is 10.3. The second-order valence-corrected chi connectivity index (χ2v) is 4.70. The van der Waals surface area contributed by atoms with Gasteiger partial charge in [0.1, 0.15) is 5.75 Å². The number of aromatic nitrogens is 1. The van der Waals surface area contributed by atoms with Crippen LogP contribution in [0.3, 0.4) is 0 Å². The van der Waals surface area contributed by atoms with E-state index in [-0.39, 0.29) is 0 Å². The van der Waals surface area contributed by atoms with Crippen LogP contribution < -0.4 is 10.5 Å². The van der Waals surface area contributed by atoms with Gasteiger partial charge in [-0.2, -0.15) is 0 Å². The maximum absolute atomic E-state index is 6.09. The van der Waals surface area contributed by atoms with Crippen LogP contribution in [0.5, 0.6) is 11.5 Å². The second-order valence-electron chi connectivity index (χ2n) is 3.37. The molecule has 0 saturated carbocycles. The molecule has 88 valence electrons. The van der Waals surface area contributed by atoms with E-state index in [1.54, 1.807) is 18.5 Å². The van der Waals surface area contributed by atoms with Gasteiger partial charge >= 0.3 is 0 Å². The fourth-order valence-corrected chi connectivity index (χ4v) is 1.97. The number of ether oxygens (including phenoxy) is 1. The third-order valence-electron chi connectivity index (χ3n) is 2.17. The smallest absolute Gasteiger partial charge is 0.150 e. The van der Waals surface area contributed by atoms with E-state index in [0.717, 1.165) is 10.0 Å². The molecule has 0 saturated heterocycles. The summed E-state index contributed by atoms with van der Waals surface area (Å²) < 4.78 is 6.55. The van der Waals surface area contributed by atoms with Crippen molar-refractivity contribution in [2.75, 3.05) is 0 Å². The Morgan fingerprint density at radius 2 is 2.18 bits per heavy atom. The summed E-state index contributed by atoms with van der Waals surface area (Å²) in [5.41, 5.74) is 6.50. The molecule has 2 N–H and O–H groups in total. The zero-order valence-electron chi connectivity index (χ0n) is 8.86. The average Bonchev–Trinajstić information content (AvgIpc) is 2.32. The first kappa shape index (κ1) is 12.4. The number of para-hydroxylation sites is 1. The van der Waals surface area contributed by atoms with E-state index < -0.39 is 0 Å². The van der Waals surface area contributed by atoms with Gasteiger partial charge in [-0.1, -0.05) is 23.7 Å². The maximum atomic E-state index is 6.09. The molecular formula is C12H10BrClN2O. The number of pyridine rings is 1. The Balaban J connectivity index is 2.35. The molecule has 2 aromatic rings. The molecule has 0 spiro atoms. The van der Waals surface area contributed by atoms with Gasteiger partial charge in [-0.3, -0.25) is 4.98 Å². The van der Waals surface area contributed by atoms with Gasteiger partial charge < -0.3 is 10.5 Å². The summed E-state index contributed by atoms with van der Waals surface area (Å²) in [6.07, 6.45) is 3.30. The summed E-state index contributed by atoms with van der Waals surface area (Å²) in [4.78, 5) is 4.02. The van der Waals surface area contributed by atoms with Gasteiger partial charge in [0.05, 0.1) is 11.2 Å². The minimum Gasteiger partial charge on any atom is -0.454 e. The van der Waals surface area contributed by atoms with Crippen molar-refractivity contribution in [2.24, 2.45) is 5.73 Å². The molecule has 0 aliphatic carbocycles. The lowest BCUT2D eigenvalue weighted by molar-refractivity contribution is 0.474. The highest BCUT2D eigenvalue weighted by Crippen LogP contribution is 2.33. The van der Waals surface area contributed by atoms with Gasteiger partial charge in [-0.15, -0.1) is 0 Å². The van der Waals surface area contributed by atoms with Crippen LogP contribution in [0, 0.1) is 0 Å². The van der Waals surface area contributed by atoms with Crippen LogP contribution in [-0.2, 0) is 6.54 Å². The lowest BCUT2D eigenvalue weighted by Crippen LogP contribution is -1.99. The van der Waals surface area contributed by atoms with Crippen molar-refractivity contribution in [3.8, 4) is 11.5 Å². The minimum absolute atomic E-state index is 0.372. The molecule has 1 aromatic carbocycles. The first-order valence-corrected chi connectivity index (χ1v) is 6.13. The fourth-order valence-electron chi connectivity index (χ4n) is 1.39. The van der Waals surface area contributed by atoms with Crippen LogP contribution in [0.4, 0.5) is 0 Å². The summed E-state index contributed by atoms with van der Waals surface area (Å²) in [6, 6.07) is 7.31. The van der Waals surface area contributed by atoms with Crippen molar-refractivity contribution in [3.05, 3.63) is 51.7 Å². The molecule has 0 bridgehead atoms. The molecule has 1 aromatic heterocycles. The van der Waals surface area contributed by atoms with E-state index in [2.05, 4.69) is 20.9 Å². The van der Waals surface area contributed by atoms with Crippen LogP contribution in [-0.4, -0.2) is 4.98 Å². The average molecular weight is 314 g/mol. The van der Waals surface area contributed by atoms with Crippen molar-refractivity contribution in [3.63, 3.8) is 0 Å². The van der Waals surface area contributed by atoms with Crippen LogP contribution in [0.1, 0.15) is 5.56 Å². The zero-order valence-corrected chi connectivity index (χ0v) is 11.2. The predicted molar refractivity (Wildman–Crippen MR) is 71.4 cm³/mol. The molecule has 0 aliphatic rings. The molecule has 17 heavy (non-hydrogen) atoms. The first-order valence-electron chi connectivity index (χ1n) is 4.96. The lowest BCUT2D eigenvalue weighted by atomic mass is 10.2. The Morgan fingerprint density at radius 3 is 2.88 bits per heavy atom. The Hall–Kier alpha value is -1.10. The fraction of sp³-hybridized carbons (Fsp3) is 0.0833. The third kappa shape index (κ3) is 2.97. The number of hydrogen-bond donors (Lipinski definition) is 1. The van der Waals surface area contributed by atoms with E-state index in [0.29, 0.717) is 23.1 Å². The molecule has 1 heterocycles. The number of hydrogen-bond acceptors (Lipinski definition) is 3. The van der Waals surface area contributed by atoms with Crippen LogP contribution in [0.2, 0.25) is 5.02 Å². The van der Waals surface area contributed by atoms with Gasteiger partial charge in [0.2, 0.25) is 0 Å². The van der Waals surface area contributed by atoms with Gasteiger partial charge in [0.15, 0.2) is 5.75 Å². The number of rotatable bonds is 3. The quantitative estimate of drug-likeness (QED) is 0.939. The second kappa shape index (κ2) is 5.49. The van der Waals surface area contributed by atoms with Gasteiger partial charge in [0.25, 0.3) is 0 Å². The SMILES string of the molecule is NCc1cccc(Cl)c1Oc1cncc(Br)c1. The number of nitrogens with zero attached hydrogens (tertiary/aromatic N) is 1. The standard InChI is InChI=1S/C12H10BrClN2O/c13-9-4-10(7-16-6-9)17-12-8(5-15)2-1-3-11(12)14/h1-4,6-7H,5,15H2. The summed E-state index contributed by atoms with van der Waals surface area (Å²) in [5, 5.41) is 0.535. The molecule has 2 rings (SSSR count). The summed E-state index contributed by atoms with van der Waals surface area (Å²) >= 11 is 9.41. The van der Waals surface area contributed by atoms with Crippen molar-refractivity contribution in [1.82, 2.24) is 4.98 Å². The number of benzene rings is 1. The Bertz CT molecular complexity index is 534. The largest absolute Gasteiger partial charge is 0.454 e. The van der Waals surface area contributed by atoms with Crippen LogP contribution in [0.25, 0.3) is 0 Å². The van der Waals surface area contributed by atoms with Gasteiger partial charge in [-0.05, 0) is 28.1 Å². The molecule has 0 amide bonds. The highest BCUT2D eigenvalue weighted by atomic mass is 79.9. The summed E-state index contributed by atoms with van der Waals surface area (Å²) in [7, 11) is 0. The van der Waals surface area contributed by atoms with E-state index >= 15 is 0 Å². The van der Waals surface area contributed by atoms with E-state index in [1.165, 1.54) is 0 Å². The Kier molecular flexibility index (Phi) is 3.99. The van der Waals surface area contributed by atoms with Crippen molar-refractivity contribution < 1.29 is 4.74 Å². The first-order chi connectivity index (χ1) is 8.20. The highest BCUT2D eigenvalue weighted by molar-refractivity contribution is 9.10. The van der Waals surface area contributed by atoms with E-state index in [4.69, 9.17) is 22.1 Å². The highest BCUT2D eigenvalue weighted by Gasteiger charge is 2.08. The Labute approximate surface area is 113 Å². The molecule has 0 unspecified atom stereocenters. The zero-order chi connectivity index (χ0) is 12.3. The molecule has 3 nitrogen and oxygen atoms in total. The van der Waals surface area contributed by atoms with Crippen molar-refractivity contribution in [1.29, 1.82) is 0 Å². The predicted octanol–water partition coefficient (Wildman–Crippen LogP) is 3.75. The third-order valence-corrected chi connectivity index (χ3v) is 2.90. The molecule has 5 heteroatoms. The van der Waals surface area contributed by atoms with E-state index in [1.807, 2.05) is 18.2 Å². The van der Waals surface area contributed by atoms with Gasteiger partial charge in [-0.25, -0.2) is 0 Å². The minimum atomic E-state index is 0.372. The molecule has 0 atom stereocenters. The molecule has 0 fully saturated rings. The lowest BCUT2D eigenvalue weighted by Gasteiger charge is -2.11. The van der Waals surface area contributed by atoms with E-state index in [9.17, 15) is 0 Å². The molecule has 0 aliphatic heterocycles. The number of nitrogens with two attached hydrogens (primary N) is 1. The van der Waals surface area contributed by atoms with Crippen LogP contribution >= 0.6 is 27.5 Å². The van der Waals surface area contributed by atoms with Crippen molar-refractivity contribution >= 4 is 27.5 Å². The monoisotopic (exact) mass is 312 g/mol. The van der Waals surface area contributed by atoms with Crippen molar-refractivity contribution in [2.45, 2.75) is 6.54 Å². The summed E-state index contributed by atoms with van der Waals surface area (Å²) in [5.74, 6) is 1.19. The maximum Gasteiger partial charge on any atom is 0.150 e. The van der Waals surface area contributed by atoms with Gasteiger partial charge in [0, 0.05) is 22.8 Å². The number of halogens is 2. The Morgan fingerprint density at radius 1 is 1.35 bits per heavy atom. The molecular weight excluding hydrogens is 304 g/mol.